The molecule has 2 rings (SSSR count). The zero-order valence-electron chi connectivity index (χ0n) is 13.1. The van der Waals surface area contributed by atoms with Crippen LogP contribution in [0.4, 0.5) is 11.5 Å². The first-order chi connectivity index (χ1) is 12.0. The molecule has 1 aromatic carbocycles. The van der Waals surface area contributed by atoms with Crippen LogP contribution in [0, 0.1) is 22.5 Å². The summed E-state index contributed by atoms with van der Waals surface area (Å²) in [6, 6.07) is 6.25. The number of terminal acetylenes is 1. The molecule has 0 aliphatic rings. The van der Waals surface area contributed by atoms with E-state index in [1.807, 2.05) is 0 Å². The van der Waals surface area contributed by atoms with E-state index < -0.39 is 4.92 Å². The maximum Gasteiger partial charge on any atom is 0.287 e. The van der Waals surface area contributed by atoms with E-state index in [0.717, 1.165) is 16.2 Å². The van der Waals surface area contributed by atoms with E-state index in [1.165, 1.54) is 19.2 Å². The molecule has 0 fully saturated rings. The molecule has 9 heteroatoms. The van der Waals surface area contributed by atoms with E-state index in [4.69, 9.17) is 15.9 Å². The molecule has 1 heterocycles. The lowest BCUT2D eigenvalue weighted by molar-refractivity contribution is -0.385. The van der Waals surface area contributed by atoms with Crippen LogP contribution in [0.1, 0.15) is 5.56 Å². The molecule has 25 heavy (non-hydrogen) atoms. The normalized spacial score (nSPS) is 10.3. The number of hydrogen-bond acceptors (Lipinski definition) is 7. The van der Waals surface area contributed by atoms with Crippen molar-refractivity contribution in [2.24, 2.45) is 5.10 Å². The van der Waals surface area contributed by atoms with Gasteiger partial charge in [-0.15, -0.1) is 6.42 Å². The molecule has 0 saturated carbocycles. The number of rotatable bonds is 7. The number of anilines is 1. The minimum atomic E-state index is -0.521. The van der Waals surface area contributed by atoms with Gasteiger partial charge in [0, 0.05) is 16.1 Å². The Labute approximate surface area is 152 Å². The Balaban J connectivity index is 2.12. The Bertz CT molecular complexity index is 831. The molecule has 0 unspecified atom stereocenters. The molecule has 0 aliphatic carbocycles. The summed E-state index contributed by atoms with van der Waals surface area (Å²) in [5.41, 5.74) is 3.32. The lowest BCUT2D eigenvalue weighted by Gasteiger charge is -2.10. The minimum absolute atomic E-state index is 0.0930. The lowest BCUT2D eigenvalue weighted by atomic mass is 10.2. The van der Waals surface area contributed by atoms with Crippen molar-refractivity contribution in [2.75, 3.05) is 19.1 Å². The average Bonchev–Trinajstić information content (AvgIpc) is 2.61. The van der Waals surface area contributed by atoms with Crippen LogP contribution < -0.4 is 14.9 Å². The molecule has 0 radical (unpaired) electrons. The van der Waals surface area contributed by atoms with Crippen molar-refractivity contribution in [3.63, 3.8) is 0 Å². The van der Waals surface area contributed by atoms with Crippen molar-refractivity contribution in [1.29, 1.82) is 0 Å². The SMILES string of the molecule is C#CCOc1cc(Br)c(/C=N/Nc2ccc([N+](=O)[O-])cn2)cc1OC. The predicted molar refractivity (Wildman–Crippen MR) is 97.1 cm³/mol. The van der Waals surface area contributed by atoms with Gasteiger partial charge in [0.1, 0.15) is 18.6 Å². The number of pyridine rings is 1. The van der Waals surface area contributed by atoms with Crippen LogP contribution in [0.3, 0.4) is 0 Å². The summed E-state index contributed by atoms with van der Waals surface area (Å²) in [6.45, 7) is 0.129. The zero-order valence-corrected chi connectivity index (χ0v) is 14.7. The molecule has 1 aromatic heterocycles. The lowest BCUT2D eigenvalue weighted by Crippen LogP contribution is -1.99. The van der Waals surface area contributed by atoms with E-state index in [9.17, 15) is 10.1 Å². The fraction of sp³-hybridized carbons (Fsp3) is 0.125. The molecular formula is C16H13BrN4O4. The fourth-order valence-electron chi connectivity index (χ4n) is 1.77. The quantitative estimate of drug-likeness (QED) is 0.329. The number of hydrogen-bond donors (Lipinski definition) is 1. The van der Waals surface area contributed by atoms with Gasteiger partial charge in [0.15, 0.2) is 11.5 Å². The highest BCUT2D eigenvalue weighted by Gasteiger charge is 2.09. The monoisotopic (exact) mass is 404 g/mol. The van der Waals surface area contributed by atoms with Gasteiger partial charge in [-0.2, -0.15) is 5.10 Å². The summed E-state index contributed by atoms with van der Waals surface area (Å²) in [5.74, 6) is 3.78. The third kappa shape index (κ3) is 4.92. The van der Waals surface area contributed by atoms with Gasteiger partial charge in [-0.05, 0) is 34.1 Å². The first kappa shape index (κ1) is 18.2. The van der Waals surface area contributed by atoms with Crippen molar-refractivity contribution >= 4 is 33.6 Å². The van der Waals surface area contributed by atoms with E-state index in [2.05, 4.69) is 37.4 Å². The molecule has 0 saturated heterocycles. The van der Waals surface area contributed by atoms with Gasteiger partial charge in [-0.25, -0.2) is 4.98 Å². The van der Waals surface area contributed by atoms with Crippen molar-refractivity contribution in [2.45, 2.75) is 0 Å². The summed E-state index contributed by atoms with van der Waals surface area (Å²) < 4.78 is 11.4. The van der Waals surface area contributed by atoms with Crippen LogP contribution in [-0.4, -0.2) is 29.8 Å². The maximum absolute atomic E-state index is 10.6. The number of benzene rings is 1. The molecule has 0 amide bonds. The second-order valence-electron chi connectivity index (χ2n) is 4.55. The third-order valence-corrected chi connectivity index (χ3v) is 3.62. The highest BCUT2D eigenvalue weighted by molar-refractivity contribution is 9.10. The molecule has 0 atom stereocenters. The van der Waals surface area contributed by atoms with Crippen molar-refractivity contribution in [3.8, 4) is 23.8 Å². The number of halogens is 1. The number of hydrazone groups is 1. The summed E-state index contributed by atoms with van der Waals surface area (Å²) in [7, 11) is 1.52. The van der Waals surface area contributed by atoms with E-state index in [-0.39, 0.29) is 12.3 Å². The van der Waals surface area contributed by atoms with Gasteiger partial charge in [-0.3, -0.25) is 15.5 Å². The Kier molecular flexibility index (Phi) is 6.31. The number of nitrogens with one attached hydrogen (secondary N) is 1. The van der Waals surface area contributed by atoms with Crippen LogP contribution in [-0.2, 0) is 0 Å². The summed E-state index contributed by atoms with van der Waals surface area (Å²) >= 11 is 3.42. The summed E-state index contributed by atoms with van der Waals surface area (Å²) in [5, 5.41) is 14.6. The number of aromatic nitrogens is 1. The number of ether oxygens (including phenoxy) is 2. The average molecular weight is 405 g/mol. The Morgan fingerprint density at radius 3 is 2.88 bits per heavy atom. The molecule has 8 nitrogen and oxygen atoms in total. The molecule has 1 N–H and O–H groups in total. The highest BCUT2D eigenvalue weighted by Crippen LogP contribution is 2.32. The van der Waals surface area contributed by atoms with Gasteiger partial charge < -0.3 is 9.47 Å². The molecule has 0 spiro atoms. The van der Waals surface area contributed by atoms with Crippen LogP contribution in [0.25, 0.3) is 0 Å². The number of methoxy groups -OCH3 is 1. The van der Waals surface area contributed by atoms with E-state index >= 15 is 0 Å². The third-order valence-electron chi connectivity index (χ3n) is 2.94. The van der Waals surface area contributed by atoms with Crippen LogP contribution in [0.15, 0.2) is 40.0 Å². The number of nitrogens with zero attached hydrogens (tertiary/aromatic N) is 3. The first-order valence-electron chi connectivity index (χ1n) is 6.88. The minimum Gasteiger partial charge on any atom is -0.493 e. The van der Waals surface area contributed by atoms with Crippen LogP contribution in [0.2, 0.25) is 0 Å². The molecule has 2 aromatic rings. The maximum atomic E-state index is 10.6. The van der Waals surface area contributed by atoms with Gasteiger partial charge in [-0.1, -0.05) is 5.92 Å². The number of nitro groups is 1. The second-order valence-corrected chi connectivity index (χ2v) is 5.40. The Morgan fingerprint density at radius 1 is 1.48 bits per heavy atom. The van der Waals surface area contributed by atoms with Crippen molar-refractivity contribution in [1.82, 2.24) is 4.98 Å². The van der Waals surface area contributed by atoms with E-state index in [1.54, 1.807) is 18.3 Å². The van der Waals surface area contributed by atoms with Crippen LogP contribution >= 0.6 is 15.9 Å². The smallest absolute Gasteiger partial charge is 0.287 e. The van der Waals surface area contributed by atoms with Gasteiger partial charge in [0.05, 0.1) is 18.2 Å². The molecule has 0 bridgehead atoms. The first-order valence-corrected chi connectivity index (χ1v) is 7.67. The predicted octanol–water partition coefficient (Wildman–Crippen LogP) is 3.22. The fourth-order valence-corrected chi connectivity index (χ4v) is 2.19. The van der Waals surface area contributed by atoms with Crippen LogP contribution in [0.5, 0.6) is 11.5 Å². The highest BCUT2D eigenvalue weighted by atomic mass is 79.9. The summed E-state index contributed by atoms with van der Waals surface area (Å²) in [6.07, 6.45) is 7.87. The largest absolute Gasteiger partial charge is 0.493 e. The second kappa shape index (κ2) is 8.65. The summed E-state index contributed by atoms with van der Waals surface area (Å²) in [4.78, 5) is 14.0. The van der Waals surface area contributed by atoms with E-state index in [0.29, 0.717) is 17.3 Å². The van der Waals surface area contributed by atoms with Gasteiger partial charge >= 0.3 is 0 Å². The molecule has 128 valence electrons. The van der Waals surface area contributed by atoms with Gasteiger partial charge in [0.2, 0.25) is 0 Å². The zero-order chi connectivity index (χ0) is 18.2. The Hall–Kier alpha value is -3.12. The van der Waals surface area contributed by atoms with Crippen molar-refractivity contribution in [3.05, 3.63) is 50.6 Å². The van der Waals surface area contributed by atoms with Gasteiger partial charge in [0.25, 0.3) is 5.69 Å². The molecular weight excluding hydrogens is 392 g/mol. The topological polar surface area (TPSA) is 98.9 Å². The standard InChI is InChI=1S/C16H13BrN4O4/c1-3-6-25-15-8-13(17)11(7-14(15)24-2)9-19-20-16-5-4-12(10-18-16)21(22)23/h1,4-5,7-10H,6H2,2H3,(H,18,20)/b19-9+. The Morgan fingerprint density at radius 2 is 2.28 bits per heavy atom. The van der Waals surface area contributed by atoms with Crippen molar-refractivity contribution < 1.29 is 14.4 Å². The molecule has 0 aliphatic heterocycles.